The summed E-state index contributed by atoms with van der Waals surface area (Å²) in [6.45, 7) is 2.16. The summed E-state index contributed by atoms with van der Waals surface area (Å²) in [5, 5.41) is 1.03. The molecule has 1 atom stereocenters. The molecular weight excluding hydrogens is 268 g/mol. The highest BCUT2D eigenvalue weighted by Crippen LogP contribution is 2.27. The van der Waals surface area contributed by atoms with E-state index in [2.05, 4.69) is 29.8 Å². The van der Waals surface area contributed by atoms with Crippen LogP contribution in [0.5, 0.6) is 0 Å². The SMILES string of the molecule is c1cc(C2CN(c3ncnc4[nH]ccc34)CCO2)ncn1. The topological polar surface area (TPSA) is 79.8 Å². The van der Waals surface area contributed by atoms with Gasteiger partial charge in [0.1, 0.15) is 30.2 Å². The molecule has 0 amide bonds. The highest BCUT2D eigenvalue weighted by atomic mass is 16.5. The van der Waals surface area contributed by atoms with Gasteiger partial charge in [0.05, 0.1) is 24.2 Å². The lowest BCUT2D eigenvalue weighted by Gasteiger charge is -2.33. The third-order valence-corrected chi connectivity index (χ3v) is 3.63. The monoisotopic (exact) mass is 282 g/mol. The lowest BCUT2D eigenvalue weighted by Crippen LogP contribution is -2.39. The fraction of sp³-hybridized carbons (Fsp3) is 0.286. The molecule has 0 saturated carbocycles. The van der Waals surface area contributed by atoms with Crippen molar-refractivity contribution in [2.45, 2.75) is 6.10 Å². The number of hydrogen-bond donors (Lipinski definition) is 1. The maximum atomic E-state index is 5.83. The van der Waals surface area contributed by atoms with Crippen LogP contribution in [0.25, 0.3) is 11.0 Å². The maximum absolute atomic E-state index is 5.83. The molecule has 3 aromatic rings. The first-order valence-electron chi connectivity index (χ1n) is 6.82. The minimum absolute atomic E-state index is 0.0642. The Morgan fingerprint density at radius 1 is 1.19 bits per heavy atom. The fourth-order valence-corrected chi connectivity index (χ4v) is 2.62. The second-order valence-electron chi connectivity index (χ2n) is 4.88. The molecule has 0 spiro atoms. The van der Waals surface area contributed by atoms with Crippen LogP contribution in [0.3, 0.4) is 0 Å². The van der Waals surface area contributed by atoms with Crippen molar-refractivity contribution in [3.05, 3.63) is 42.9 Å². The van der Waals surface area contributed by atoms with Gasteiger partial charge in [-0.2, -0.15) is 0 Å². The fourth-order valence-electron chi connectivity index (χ4n) is 2.62. The van der Waals surface area contributed by atoms with Crippen molar-refractivity contribution in [1.82, 2.24) is 24.9 Å². The van der Waals surface area contributed by atoms with Crippen LogP contribution >= 0.6 is 0 Å². The molecule has 1 aliphatic rings. The lowest BCUT2D eigenvalue weighted by molar-refractivity contribution is 0.0368. The van der Waals surface area contributed by atoms with Crippen LogP contribution in [0, 0.1) is 0 Å². The van der Waals surface area contributed by atoms with Crippen LogP contribution in [0.15, 0.2) is 37.2 Å². The normalized spacial score (nSPS) is 19.0. The van der Waals surface area contributed by atoms with Gasteiger partial charge in [-0.3, -0.25) is 0 Å². The van der Waals surface area contributed by atoms with E-state index in [1.165, 1.54) is 0 Å². The molecule has 1 fully saturated rings. The molecule has 1 aliphatic heterocycles. The Morgan fingerprint density at radius 3 is 3.10 bits per heavy atom. The first-order chi connectivity index (χ1) is 10.4. The second kappa shape index (κ2) is 5.10. The summed E-state index contributed by atoms with van der Waals surface area (Å²) < 4.78 is 5.83. The molecule has 0 aromatic carbocycles. The molecule has 7 heteroatoms. The van der Waals surface area contributed by atoms with E-state index in [4.69, 9.17) is 4.74 Å². The van der Waals surface area contributed by atoms with Crippen molar-refractivity contribution in [2.24, 2.45) is 0 Å². The van der Waals surface area contributed by atoms with Crippen LogP contribution in [-0.2, 0) is 4.74 Å². The smallest absolute Gasteiger partial charge is 0.142 e. The van der Waals surface area contributed by atoms with Gasteiger partial charge in [0.2, 0.25) is 0 Å². The summed E-state index contributed by atoms with van der Waals surface area (Å²) in [6, 6.07) is 3.89. The van der Waals surface area contributed by atoms with Crippen LogP contribution in [0.4, 0.5) is 5.82 Å². The Balaban J connectivity index is 1.65. The zero-order chi connectivity index (χ0) is 14.1. The van der Waals surface area contributed by atoms with E-state index in [9.17, 15) is 0 Å². The molecule has 4 heterocycles. The van der Waals surface area contributed by atoms with Gasteiger partial charge in [0.15, 0.2) is 0 Å². The molecule has 1 N–H and O–H groups in total. The van der Waals surface area contributed by atoms with Crippen molar-refractivity contribution in [1.29, 1.82) is 0 Å². The number of fused-ring (bicyclic) bond motifs is 1. The number of aromatic nitrogens is 5. The molecular formula is C14H14N6O. The van der Waals surface area contributed by atoms with Crippen molar-refractivity contribution >= 4 is 16.9 Å². The Hall–Kier alpha value is -2.54. The predicted octanol–water partition coefficient (Wildman–Crippen LogP) is 1.33. The number of hydrogen-bond acceptors (Lipinski definition) is 6. The molecule has 1 saturated heterocycles. The van der Waals surface area contributed by atoms with Crippen LogP contribution in [0.1, 0.15) is 11.8 Å². The van der Waals surface area contributed by atoms with Gasteiger partial charge in [-0.1, -0.05) is 0 Å². The molecule has 7 nitrogen and oxygen atoms in total. The molecule has 0 radical (unpaired) electrons. The molecule has 106 valence electrons. The number of nitrogens with zero attached hydrogens (tertiary/aromatic N) is 5. The third kappa shape index (κ3) is 2.21. The van der Waals surface area contributed by atoms with Gasteiger partial charge in [-0.25, -0.2) is 19.9 Å². The van der Waals surface area contributed by atoms with E-state index in [0.717, 1.165) is 29.1 Å². The van der Waals surface area contributed by atoms with Crippen molar-refractivity contribution < 1.29 is 4.74 Å². The van der Waals surface area contributed by atoms with Gasteiger partial charge in [0, 0.05) is 18.9 Å². The third-order valence-electron chi connectivity index (χ3n) is 3.63. The van der Waals surface area contributed by atoms with Gasteiger partial charge in [0.25, 0.3) is 0 Å². The summed E-state index contributed by atoms with van der Waals surface area (Å²) in [7, 11) is 0. The molecule has 1 unspecified atom stereocenters. The largest absolute Gasteiger partial charge is 0.368 e. The Bertz CT molecular complexity index is 743. The Kier molecular flexibility index (Phi) is 2.97. The van der Waals surface area contributed by atoms with E-state index in [1.807, 2.05) is 18.3 Å². The van der Waals surface area contributed by atoms with Crippen molar-refractivity contribution in [3.63, 3.8) is 0 Å². The highest BCUT2D eigenvalue weighted by molar-refractivity contribution is 5.87. The molecule has 21 heavy (non-hydrogen) atoms. The number of rotatable bonds is 2. The van der Waals surface area contributed by atoms with Crippen molar-refractivity contribution in [2.75, 3.05) is 24.6 Å². The van der Waals surface area contributed by atoms with Crippen LogP contribution in [-0.4, -0.2) is 44.6 Å². The average molecular weight is 282 g/mol. The standard InChI is InChI=1S/C14H14N6O/c1-4-16-13-10(1)14(19-9-18-13)20-5-6-21-12(7-20)11-2-3-15-8-17-11/h1-4,8-9,12H,5-7H2,(H,16,18,19). The highest BCUT2D eigenvalue weighted by Gasteiger charge is 2.25. The van der Waals surface area contributed by atoms with Crippen molar-refractivity contribution in [3.8, 4) is 0 Å². The van der Waals surface area contributed by atoms with E-state index in [-0.39, 0.29) is 6.10 Å². The molecule has 4 rings (SSSR count). The number of anilines is 1. The summed E-state index contributed by atoms with van der Waals surface area (Å²) in [5.41, 5.74) is 1.75. The number of ether oxygens (including phenoxy) is 1. The zero-order valence-corrected chi connectivity index (χ0v) is 11.3. The van der Waals surface area contributed by atoms with E-state index >= 15 is 0 Å². The Labute approximate surface area is 121 Å². The molecule has 3 aromatic heterocycles. The van der Waals surface area contributed by atoms with Gasteiger partial charge in [-0.15, -0.1) is 0 Å². The minimum Gasteiger partial charge on any atom is -0.368 e. The van der Waals surface area contributed by atoms with E-state index < -0.39 is 0 Å². The zero-order valence-electron chi connectivity index (χ0n) is 11.3. The molecule has 0 aliphatic carbocycles. The average Bonchev–Trinajstić information content (AvgIpc) is 3.04. The number of morpholine rings is 1. The van der Waals surface area contributed by atoms with Crippen LogP contribution < -0.4 is 4.90 Å². The predicted molar refractivity (Wildman–Crippen MR) is 76.8 cm³/mol. The summed E-state index contributed by atoms with van der Waals surface area (Å²) in [6.07, 6.45) is 6.69. The number of H-pyrrole nitrogens is 1. The lowest BCUT2D eigenvalue weighted by atomic mass is 10.2. The molecule has 0 bridgehead atoms. The van der Waals surface area contributed by atoms with Crippen LogP contribution in [0.2, 0.25) is 0 Å². The summed E-state index contributed by atoms with van der Waals surface area (Å²) >= 11 is 0. The van der Waals surface area contributed by atoms with Gasteiger partial charge < -0.3 is 14.6 Å². The van der Waals surface area contributed by atoms with Gasteiger partial charge in [-0.05, 0) is 12.1 Å². The minimum atomic E-state index is -0.0642. The number of nitrogens with one attached hydrogen (secondary N) is 1. The second-order valence-corrected chi connectivity index (χ2v) is 4.88. The number of aromatic amines is 1. The van der Waals surface area contributed by atoms with E-state index in [0.29, 0.717) is 13.2 Å². The Morgan fingerprint density at radius 2 is 2.19 bits per heavy atom. The quantitative estimate of drug-likeness (QED) is 0.763. The maximum Gasteiger partial charge on any atom is 0.142 e. The van der Waals surface area contributed by atoms with E-state index in [1.54, 1.807) is 18.9 Å². The summed E-state index contributed by atoms with van der Waals surface area (Å²) in [5.74, 6) is 0.934. The first-order valence-corrected chi connectivity index (χ1v) is 6.82. The van der Waals surface area contributed by atoms with Gasteiger partial charge >= 0.3 is 0 Å². The first kappa shape index (κ1) is 12.2. The summed E-state index contributed by atoms with van der Waals surface area (Å²) in [4.78, 5) is 22.2.